The molecule has 2 aromatic rings. The van der Waals surface area contributed by atoms with E-state index in [1.807, 2.05) is 0 Å². The number of nitrogens with zero attached hydrogens (tertiary/aromatic N) is 1. The Bertz CT molecular complexity index is 843. The van der Waals surface area contributed by atoms with E-state index in [0.29, 0.717) is 16.5 Å². The lowest BCUT2D eigenvalue weighted by molar-refractivity contribution is 0.0489. The van der Waals surface area contributed by atoms with Crippen molar-refractivity contribution in [2.24, 2.45) is 5.73 Å². The van der Waals surface area contributed by atoms with Gasteiger partial charge in [0.1, 0.15) is 11.3 Å². The second-order valence-corrected chi connectivity index (χ2v) is 6.43. The molecule has 7 nitrogen and oxygen atoms in total. The van der Waals surface area contributed by atoms with Crippen LogP contribution >= 0.6 is 0 Å². The molecule has 1 amide bonds. The van der Waals surface area contributed by atoms with Crippen molar-refractivity contribution in [1.82, 2.24) is 4.57 Å². The third-order valence-corrected chi connectivity index (χ3v) is 3.38. The fourth-order valence-corrected chi connectivity index (χ4v) is 2.38. The maximum atomic E-state index is 12.6. The molecule has 24 heavy (non-hydrogen) atoms. The molecular weight excluding hydrogens is 312 g/mol. The smallest absolute Gasteiger partial charge is 0.419 e. The molecule has 0 atom stereocenters. The van der Waals surface area contributed by atoms with Crippen LogP contribution in [0.5, 0.6) is 0 Å². The van der Waals surface area contributed by atoms with Crippen molar-refractivity contribution in [3.05, 3.63) is 35.0 Å². The summed E-state index contributed by atoms with van der Waals surface area (Å²) in [7, 11) is 1.22. The summed E-state index contributed by atoms with van der Waals surface area (Å²) in [4.78, 5) is 36.2. The van der Waals surface area contributed by atoms with Gasteiger partial charge < -0.3 is 15.2 Å². The normalized spacial score (nSPS) is 11.4. The minimum Gasteiger partial charge on any atom is -0.464 e. The molecule has 128 valence electrons. The third-order valence-electron chi connectivity index (χ3n) is 3.38. The van der Waals surface area contributed by atoms with Crippen LogP contribution in [0.3, 0.4) is 0 Å². The van der Waals surface area contributed by atoms with Crippen molar-refractivity contribution >= 4 is 28.9 Å². The number of aryl methyl sites for hydroxylation is 1. The summed E-state index contributed by atoms with van der Waals surface area (Å²) in [6, 6.07) is 4.59. The molecule has 0 unspecified atom stereocenters. The SMILES string of the molecule is COC(=O)c1cc2c(C)cc(C(N)=O)cc2n1C(=O)OC(C)(C)C. The third kappa shape index (κ3) is 3.24. The molecule has 1 aromatic heterocycles. The van der Waals surface area contributed by atoms with E-state index < -0.39 is 23.6 Å². The van der Waals surface area contributed by atoms with Crippen LogP contribution in [0.15, 0.2) is 18.2 Å². The van der Waals surface area contributed by atoms with Gasteiger partial charge >= 0.3 is 12.1 Å². The van der Waals surface area contributed by atoms with E-state index in [1.54, 1.807) is 33.8 Å². The Morgan fingerprint density at radius 3 is 2.25 bits per heavy atom. The Labute approximate surface area is 139 Å². The molecule has 0 aliphatic carbocycles. The van der Waals surface area contributed by atoms with Gasteiger partial charge in [0.2, 0.25) is 5.91 Å². The summed E-state index contributed by atoms with van der Waals surface area (Å²) in [6.45, 7) is 6.91. The number of hydrogen-bond donors (Lipinski definition) is 1. The van der Waals surface area contributed by atoms with Gasteiger partial charge in [-0.3, -0.25) is 4.79 Å². The Balaban J connectivity index is 2.78. The fraction of sp³-hybridized carbons (Fsp3) is 0.353. The number of hydrogen-bond acceptors (Lipinski definition) is 5. The zero-order chi connectivity index (χ0) is 18.2. The summed E-state index contributed by atoms with van der Waals surface area (Å²) in [5.41, 5.74) is 5.90. The second kappa shape index (κ2) is 5.99. The van der Waals surface area contributed by atoms with E-state index in [9.17, 15) is 14.4 Å². The number of primary amides is 1. The van der Waals surface area contributed by atoms with Crippen LogP contribution in [0.2, 0.25) is 0 Å². The van der Waals surface area contributed by atoms with Crippen LogP contribution in [0.25, 0.3) is 10.9 Å². The highest BCUT2D eigenvalue weighted by Gasteiger charge is 2.26. The largest absolute Gasteiger partial charge is 0.464 e. The monoisotopic (exact) mass is 332 g/mol. The van der Waals surface area contributed by atoms with Gasteiger partial charge in [0.15, 0.2) is 0 Å². The first kappa shape index (κ1) is 17.5. The first-order chi connectivity index (χ1) is 11.0. The van der Waals surface area contributed by atoms with Gasteiger partial charge in [0.25, 0.3) is 0 Å². The van der Waals surface area contributed by atoms with Gasteiger partial charge in [-0.15, -0.1) is 0 Å². The Morgan fingerprint density at radius 2 is 1.75 bits per heavy atom. The maximum absolute atomic E-state index is 12.6. The lowest BCUT2D eigenvalue weighted by Gasteiger charge is -2.20. The zero-order valence-corrected chi connectivity index (χ0v) is 14.3. The van der Waals surface area contributed by atoms with Crippen molar-refractivity contribution in [2.75, 3.05) is 7.11 Å². The fourth-order valence-electron chi connectivity index (χ4n) is 2.38. The number of amides is 1. The number of methoxy groups -OCH3 is 1. The highest BCUT2D eigenvalue weighted by atomic mass is 16.6. The second-order valence-electron chi connectivity index (χ2n) is 6.43. The lowest BCUT2D eigenvalue weighted by atomic mass is 10.1. The summed E-state index contributed by atoms with van der Waals surface area (Å²) in [5, 5.41) is 0.631. The van der Waals surface area contributed by atoms with E-state index in [0.717, 1.165) is 4.57 Å². The molecular formula is C17H20N2O5. The van der Waals surface area contributed by atoms with Crippen molar-refractivity contribution in [2.45, 2.75) is 33.3 Å². The molecule has 0 fully saturated rings. The van der Waals surface area contributed by atoms with Crippen LogP contribution in [-0.4, -0.2) is 35.2 Å². The van der Waals surface area contributed by atoms with Gasteiger partial charge in [-0.05, 0) is 51.5 Å². The molecule has 0 saturated carbocycles. The van der Waals surface area contributed by atoms with Gasteiger partial charge in [0, 0.05) is 10.9 Å². The number of benzene rings is 1. The highest BCUT2D eigenvalue weighted by Crippen LogP contribution is 2.27. The molecule has 2 N–H and O–H groups in total. The van der Waals surface area contributed by atoms with Crippen LogP contribution in [0.1, 0.15) is 47.2 Å². The van der Waals surface area contributed by atoms with Crippen molar-refractivity contribution in [3.63, 3.8) is 0 Å². The van der Waals surface area contributed by atoms with E-state index in [4.69, 9.17) is 15.2 Å². The number of carbonyl (C=O) groups is 3. The predicted molar refractivity (Wildman–Crippen MR) is 88.2 cm³/mol. The number of esters is 1. The van der Waals surface area contributed by atoms with Gasteiger partial charge in [-0.25, -0.2) is 14.2 Å². The van der Waals surface area contributed by atoms with Crippen molar-refractivity contribution < 1.29 is 23.9 Å². The standard InChI is InChI=1S/C17H20N2O5/c1-9-6-10(14(18)20)7-12-11(9)8-13(15(21)23-5)19(12)16(22)24-17(2,3)4/h6-8H,1-5H3,(H2,18,20). The van der Waals surface area contributed by atoms with Crippen LogP contribution in [-0.2, 0) is 9.47 Å². The van der Waals surface area contributed by atoms with Crippen molar-refractivity contribution in [3.8, 4) is 0 Å². The number of rotatable bonds is 2. The topological polar surface area (TPSA) is 101 Å². The number of carbonyl (C=O) groups excluding carboxylic acids is 3. The Hall–Kier alpha value is -2.83. The van der Waals surface area contributed by atoms with E-state index in [2.05, 4.69) is 0 Å². The minimum atomic E-state index is -0.753. The maximum Gasteiger partial charge on any atom is 0.419 e. The number of aromatic nitrogens is 1. The summed E-state index contributed by atoms with van der Waals surface area (Å²) in [6.07, 6.45) is -0.737. The Kier molecular flexibility index (Phi) is 4.38. The van der Waals surface area contributed by atoms with Crippen molar-refractivity contribution in [1.29, 1.82) is 0 Å². The average molecular weight is 332 g/mol. The molecule has 0 bridgehead atoms. The summed E-state index contributed by atoms with van der Waals surface area (Å²) < 4.78 is 11.2. The van der Waals surface area contributed by atoms with Gasteiger partial charge in [-0.1, -0.05) is 0 Å². The van der Waals surface area contributed by atoms with Crippen LogP contribution in [0.4, 0.5) is 4.79 Å². The molecule has 2 rings (SSSR count). The highest BCUT2D eigenvalue weighted by molar-refractivity contribution is 6.05. The summed E-state index contributed by atoms with van der Waals surface area (Å²) >= 11 is 0. The lowest BCUT2D eigenvalue weighted by Crippen LogP contribution is -2.29. The molecule has 0 aliphatic rings. The zero-order valence-electron chi connectivity index (χ0n) is 14.3. The van der Waals surface area contributed by atoms with Gasteiger partial charge in [0.05, 0.1) is 12.6 Å². The van der Waals surface area contributed by atoms with E-state index >= 15 is 0 Å². The number of fused-ring (bicyclic) bond motifs is 1. The van der Waals surface area contributed by atoms with Crippen LogP contribution in [0, 0.1) is 6.92 Å². The Morgan fingerprint density at radius 1 is 1.12 bits per heavy atom. The predicted octanol–water partition coefficient (Wildman–Crippen LogP) is 2.62. The number of nitrogens with two attached hydrogens (primary N) is 1. The molecule has 0 spiro atoms. The summed E-state index contributed by atoms with van der Waals surface area (Å²) in [5.74, 6) is -1.31. The quantitative estimate of drug-likeness (QED) is 0.852. The van der Waals surface area contributed by atoms with Gasteiger partial charge in [-0.2, -0.15) is 0 Å². The van der Waals surface area contributed by atoms with E-state index in [1.165, 1.54) is 19.2 Å². The average Bonchev–Trinajstić information content (AvgIpc) is 2.84. The minimum absolute atomic E-state index is 0.0199. The number of ether oxygens (including phenoxy) is 2. The molecule has 0 saturated heterocycles. The molecule has 0 radical (unpaired) electrons. The first-order valence-corrected chi connectivity index (χ1v) is 7.32. The van der Waals surface area contributed by atoms with Crippen LogP contribution < -0.4 is 5.73 Å². The van der Waals surface area contributed by atoms with E-state index in [-0.39, 0.29) is 11.3 Å². The molecule has 1 heterocycles. The molecule has 7 heteroatoms. The first-order valence-electron chi connectivity index (χ1n) is 7.32. The molecule has 1 aromatic carbocycles. The molecule has 0 aliphatic heterocycles.